The summed E-state index contributed by atoms with van der Waals surface area (Å²) in [6, 6.07) is 8.27. The molecular formula is C18H29BrN4O2S. The van der Waals surface area contributed by atoms with Gasteiger partial charge in [0.05, 0.1) is 6.61 Å². The minimum absolute atomic E-state index is 0.0404. The van der Waals surface area contributed by atoms with Crippen molar-refractivity contribution in [1.29, 1.82) is 0 Å². The second-order valence-electron chi connectivity index (χ2n) is 6.54. The summed E-state index contributed by atoms with van der Waals surface area (Å²) in [5.74, 6) is 0.572. The highest BCUT2D eigenvalue weighted by Crippen LogP contribution is 2.32. The van der Waals surface area contributed by atoms with Gasteiger partial charge in [-0.25, -0.2) is 4.99 Å². The molecule has 1 amide bonds. The number of nitrogens with zero attached hydrogens (tertiary/aromatic N) is 2. The summed E-state index contributed by atoms with van der Waals surface area (Å²) in [5, 5.41) is 6.51. The first-order chi connectivity index (χ1) is 12.2. The molecule has 0 aliphatic heterocycles. The van der Waals surface area contributed by atoms with Crippen LogP contribution in [0.4, 0.5) is 0 Å². The Bertz CT molecular complexity index is 591. The molecule has 1 aromatic carbocycles. The second-order valence-corrected chi connectivity index (χ2v) is 9.24. The molecule has 0 unspecified atom stereocenters. The Morgan fingerprint density at radius 2 is 1.92 bits per heavy atom. The lowest BCUT2D eigenvalue weighted by Crippen LogP contribution is -2.44. The van der Waals surface area contributed by atoms with Gasteiger partial charge in [-0.1, -0.05) is 15.9 Å². The lowest BCUT2D eigenvalue weighted by Gasteiger charge is -2.26. The van der Waals surface area contributed by atoms with Gasteiger partial charge in [-0.05, 0) is 38.1 Å². The molecule has 0 saturated heterocycles. The topological polar surface area (TPSA) is 66.0 Å². The fraction of sp³-hybridized carbons (Fsp3) is 0.556. The predicted octanol–water partition coefficient (Wildman–Crippen LogP) is 2.59. The number of aliphatic imine (C=N–C) groups is 1. The molecule has 0 radical (unpaired) electrons. The Balaban J connectivity index is 2.65. The molecule has 146 valence electrons. The minimum Gasteiger partial charge on any atom is -0.383 e. The summed E-state index contributed by atoms with van der Waals surface area (Å²) in [7, 11) is 5.10. The number of hydrogen-bond acceptors (Lipinski definition) is 4. The Labute approximate surface area is 169 Å². The number of amides is 1. The monoisotopic (exact) mass is 444 g/mol. The smallest absolute Gasteiger partial charge is 0.243 e. The lowest BCUT2D eigenvalue weighted by atomic mass is 10.2. The van der Waals surface area contributed by atoms with Crippen LogP contribution in [-0.2, 0) is 9.53 Å². The van der Waals surface area contributed by atoms with Crippen molar-refractivity contribution in [1.82, 2.24) is 15.5 Å². The molecule has 0 spiro atoms. The van der Waals surface area contributed by atoms with Crippen LogP contribution in [0, 0.1) is 0 Å². The van der Waals surface area contributed by atoms with Crippen molar-refractivity contribution < 1.29 is 9.53 Å². The number of guanidine groups is 1. The largest absolute Gasteiger partial charge is 0.383 e. The van der Waals surface area contributed by atoms with E-state index in [2.05, 4.69) is 57.5 Å². The first kappa shape index (κ1) is 22.8. The van der Waals surface area contributed by atoms with E-state index in [9.17, 15) is 4.79 Å². The zero-order valence-electron chi connectivity index (χ0n) is 16.1. The highest BCUT2D eigenvalue weighted by atomic mass is 79.9. The van der Waals surface area contributed by atoms with Crippen LogP contribution in [0.5, 0.6) is 0 Å². The van der Waals surface area contributed by atoms with Crippen molar-refractivity contribution in [2.45, 2.75) is 23.5 Å². The third-order valence-electron chi connectivity index (χ3n) is 3.36. The van der Waals surface area contributed by atoms with E-state index in [1.165, 1.54) is 9.80 Å². The van der Waals surface area contributed by atoms with Gasteiger partial charge >= 0.3 is 0 Å². The number of carbonyl (C=O) groups is 1. The molecule has 0 aliphatic carbocycles. The van der Waals surface area contributed by atoms with Crippen LogP contribution in [0.3, 0.4) is 0 Å². The normalized spacial score (nSPS) is 12.0. The average molecular weight is 445 g/mol. The first-order valence-electron chi connectivity index (χ1n) is 8.39. The Morgan fingerprint density at radius 1 is 1.27 bits per heavy atom. The quantitative estimate of drug-likeness (QED) is 0.265. The number of likely N-dealkylation sites (N-methyl/N-ethyl adjacent to an activating group) is 1. The molecule has 8 heteroatoms. The zero-order valence-corrected chi connectivity index (χ0v) is 18.5. The van der Waals surface area contributed by atoms with Crippen LogP contribution in [0.15, 0.2) is 38.6 Å². The number of halogens is 1. The van der Waals surface area contributed by atoms with E-state index < -0.39 is 0 Å². The van der Waals surface area contributed by atoms with E-state index in [0.717, 1.165) is 4.47 Å². The van der Waals surface area contributed by atoms with Crippen molar-refractivity contribution in [3.8, 4) is 0 Å². The van der Waals surface area contributed by atoms with E-state index in [1.54, 1.807) is 33.0 Å². The van der Waals surface area contributed by atoms with Gasteiger partial charge in [-0.2, -0.15) is 0 Å². The van der Waals surface area contributed by atoms with Crippen LogP contribution in [0.25, 0.3) is 0 Å². The number of hydrogen-bond donors (Lipinski definition) is 2. The standard InChI is InChI=1S/C18H29BrN4O2S/c1-18(2,26-15-8-6-14(19)7-9-15)13-22-17(20-10-11-25-5)21-12-16(24)23(3)4/h6-9H,10-13H2,1-5H3,(H2,20,21,22). The third kappa shape index (κ3) is 9.45. The second kappa shape index (κ2) is 11.5. The maximum Gasteiger partial charge on any atom is 0.243 e. The minimum atomic E-state index is -0.0525. The molecule has 0 atom stereocenters. The predicted molar refractivity (Wildman–Crippen MR) is 113 cm³/mol. The van der Waals surface area contributed by atoms with Crippen LogP contribution in [-0.4, -0.2) is 69.0 Å². The zero-order chi connectivity index (χ0) is 19.6. The van der Waals surface area contributed by atoms with Crippen LogP contribution in [0.2, 0.25) is 0 Å². The van der Waals surface area contributed by atoms with Crippen LogP contribution < -0.4 is 10.6 Å². The van der Waals surface area contributed by atoms with Gasteiger partial charge in [-0.3, -0.25) is 4.79 Å². The van der Waals surface area contributed by atoms with Crippen molar-refractivity contribution in [3.63, 3.8) is 0 Å². The van der Waals surface area contributed by atoms with Gasteiger partial charge in [0.1, 0.15) is 6.54 Å². The number of methoxy groups -OCH3 is 1. The molecule has 0 heterocycles. The Hall–Kier alpha value is -1.25. The Kier molecular flexibility index (Phi) is 10.0. The average Bonchev–Trinajstić information content (AvgIpc) is 2.58. The molecular weight excluding hydrogens is 416 g/mol. The fourth-order valence-electron chi connectivity index (χ4n) is 1.89. The molecule has 1 aromatic rings. The van der Waals surface area contributed by atoms with Crippen LogP contribution in [0.1, 0.15) is 13.8 Å². The van der Waals surface area contributed by atoms with Gasteiger partial charge in [0, 0.05) is 48.4 Å². The molecule has 0 saturated carbocycles. The SMILES string of the molecule is COCCNC(=NCC(=O)N(C)C)NCC(C)(C)Sc1ccc(Br)cc1. The highest BCUT2D eigenvalue weighted by Gasteiger charge is 2.20. The number of ether oxygens (including phenoxy) is 1. The molecule has 1 rings (SSSR count). The molecule has 2 N–H and O–H groups in total. The summed E-state index contributed by atoms with van der Waals surface area (Å²) in [5.41, 5.74) is 0. The molecule has 0 aromatic heterocycles. The Morgan fingerprint density at radius 3 is 2.50 bits per heavy atom. The van der Waals surface area contributed by atoms with E-state index in [0.29, 0.717) is 25.7 Å². The molecule has 6 nitrogen and oxygen atoms in total. The summed E-state index contributed by atoms with van der Waals surface area (Å²) in [6.45, 7) is 6.34. The molecule has 26 heavy (non-hydrogen) atoms. The van der Waals surface area contributed by atoms with Gasteiger partial charge < -0.3 is 20.3 Å². The summed E-state index contributed by atoms with van der Waals surface area (Å²) < 4.78 is 6.08. The molecule has 0 fully saturated rings. The number of nitrogens with one attached hydrogen (secondary N) is 2. The van der Waals surface area contributed by atoms with Gasteiger partial charge in [0.2, 0.25) is 5.91 Å². The van der Waals surface area contributed by atoms with Gasteiger partial charge in [-0.15, -0.1) is 11.8 Å². The summed E-state index contributed by atoms with van der Waals surface area (Å²) in [6.07, 6.45) is 0. The maximum atomic E-state index is 11.8. The third-order valence-corrected chi connectivity index (χ3v) is 5.09. The highest BCUT2D eigenvalue weighted by molar-refractivity contribution is 9.10. The van der Waals surface area contributed by atoms with E-state index in [1.807, 2.05) is 12.1 Å². The van der Waals surface area contributed by atoms with Gasteiger partial charge in [0.25, 0.3) is 0 Å². The molecule has 0 aliphatic rings. The van der Waals surface area contributed by atoms with E-state index in [4.69, 9.17) is 4.74 Å². The van der Waals surface area contributed by atoms with Crippen LogP contribution >= 0.6 is 27.7 Å². The number of rotatable bonds is 9. The number of carbonyl (C=O) groups excluding carboxylic acids is 1. The number of thioether (sulfide) groups is 1. The van der Waals surface area contributed by atoms with Crippen molar-refractivity contribution in [2.24, 2.45) is 4.99 Å². The fourth-order valence-corrected chi connectivity index (χ4v) is 3.21. The summed E-state index contributed by atoms with van der Waals surface area (Å²) >= 11 is 5.25. The van der Waals surface area contributed by atoms with Crippen molar-refractivity contribution in [3.05, 3.63) is 28.7 Å². The molecule has 0 bridgehead atoms. The van der Waals surface area contributed by atoms with E-state index in [-0.39, 0.29) is 17.2 Å². The van der Waals surface area contributed by atoms with E-state index >= 15 is 0 Å². The first-order valence-corrected chi connectivity index (χ1v) is 10.0. The maximum absolute atomic E-state index is 11.8. The number of benzene rings is 1. The van der Waals surface area contributed by atoms with Crippen molar-refractivity contribution >= 4 is 39.6 Å². The van der Waals surface area contributed by atoms with Gasteiger partial charge in [0.15, 0.2) is 5.96 Å². The van der Waals surface area contributed by atoms with Crippen molar-refractivity contribution in [2.75, 3.05) is 47.4 Å². The lowest BCUT2D eigenvalue weighted by molar-refractivity contribution is -0.127. The summed E-state index contributed by atoms with van der Waals surface area (Å²) in [4.78, 5) is 18.9.